The molecular formula is C27H39NO2. The Balaban J connectivity index is 1.54. The molecule has 0 saturated heterocycles. The standard InChI is InChI=1S/C27H39NO2/c1-24(2)22-7-6-21-20(25(22,3)11-10-23(24)30)9-13-26(4)19(8-12-27(21,26)5)17-14-18(16-29)28-15-17/h6,14-16,19-20,22-23,28,30H,7-13H2,1-5H3/t19-,20-,22-,23+,25+,26-,27+/m0/s1. The molecule has 3 saturated carbocycles. The molecule has 0 amide bonds. The van der Waals surface area contributed by atoms with Crippen LogP contribution in [0.3, 0.4) is 0 Å². The van der Waals surface area contributed by atoms with Crippen LogP contribution in [0.4, 0.5) is 0 Å². The van der Waals surface area contributed by atoms with Crippen molar-refractivity contribution in [2.75, 3.05) is 0 Å². The Morgan fingerprint density at radius 2 is 1.77 bits per heavy atom. The van der Waals surface area contributed by atoms with E-state index in [1.807, 2.05) is 0 Å². The molecular weight excluding hydrogens is 370 g/mol. The van der Waals surface area contributed by atoms with Crippen LogP contribution >= 0.6 is 0 Å². The van der Waals surface area contributed by atoms with Gasteiger partial charge in [-0.05, 0) is 96.0 Å². The summed E-state index contributed by atoms with van der Waals surface area (Å²) in [5, 5.41) is 10.8. The van der Waals surface area contributed by atoms with E-state index in [0.717, 1.165) is 25.5 Å². The number of hydrogen-bond donors (Lipinski definition) is 2. The molecule has 4 aliphatic carbocycles. The van der Waals surface area contributed by atoms with E-state index in [-0.39, 0.29) is 22.3 Å². The van der Waals surface area contributed by atoms with Crippen LogP contribution in [0.1, 0.15) is 102 Å². The van der Waals surface area contributed by atoms with E-state index in [0.29, 0.717) is 28.9 Å². The Hall–Kier alpha value is -1.35. The van der Waals surface area contributed by atoms with Crippen molar-refractivity contribution in [3.05, 3.63) is 35.2 Å². The maximum absolute atomic E-state index is 11.2. The van der Waals surface area contributed by atoms with Gasteiger partial charge < -0.3 is 10.1 Å². The first kappa shape index (κ1) is 20.5. The van der Waals surface area contributed by atoms with Gasteiger partial charge in [0.05, 0.1) is 11.8 Å². The van der Waals surface area contributed by atoms with Gasteiger partial charge in [0, 0.05) is 6.20 Å². The third kappa shape index (κ3) is 2.39. The molecule has 2 N–H and O–H groups in total. The van der Waals surface area contributed by atoms with E-state index in [4.69, 9.17) is 0 Å². The molecule has 164 valence electrons. The quantitative estimate of drug-likeness (QED) is 0.447. The van der Waals surface area contributed by atoms with Crippen LogP contribution in [0.15, 0.2) is 23.9 Å². The Kier molecular flexibility index (Phi) is 4.34. The van der Waals surface area contributed by atoms with Gasteiger partial charge in [0.15, 0.2) is 6.29 Å². The maximum Gasteiger partial charge on any atom is 0.166 e. The van der Waals surface area contributed by atoms with E-state index >= 15 is 0 Å². The second-order valence-electron chi connectivity index (χ2n) is 12.3. The predicted octanol–water partition coefficient (Wildman–Crippen LogP) is 6.26. The van der Waals surface area contributed by atoms with Crippen LogP contribution in [-0.4, -0.2) is 22.5 Å². The summed E-state index contributed by atoms with van der Waals surface area (Å²) in [7, 11) is 0. The summed E-state index contributed by atoms with van der Waals surface area (Å²) in [6, 6.07) is 2.08. The molecule has 3 heteroatoms. The van der Waals surface area contributed by atoms with Gasteiger partial charge in [-0.2, -0.15) is 0 Å². The first-order chi connectivity index (χ1) is 14.1. The number of aliphatic hydroxyl groups excluding tert-OH is 1. The molecule has 0 aromatic carbocycles. The first-order valence-corrected chi connectivity index (χ1v) is 12.1. The molecule has 0 bridgehead atoms. The fourth-order valence-corrected chi connectivity index (χ4v) is 8.93. The molecule has 1 aromatic rings. The van der Waals surface area contributed by atoms with Crippen molar-refractivity contribution in [3.8, 4) is 0 Å². The third-order valence-electron chi connectivity index (χ3n) is 11.1. The topological polar surface area (TPSA) is 53.1 Å². The van der Waals surface area contributed by atoms with Crippen LogP contribution < -0.4 is 0 Å². The van der Waals surface area contributed by atoms with Crippen molar-refractivity contribution >= 4 is 6.29 Å². The molecule has 0 radical (unpaired) electrons. The molecule has 1 aromatic heterocycles. The Bertz CT molecular complexity index is 896. The predicted molar refractivity (Wildman–Crippen MR) is 120 cm³/mol. The highest BCUT2D eigenvalue weighted by atomic mass is 16.3. The summed E-state index contributed by atoms with van der Waals surface area (Å²) in [5.74, 6) is 1.73. The maximum atomic E-state index is 11.2. The summed E-state index contributed by atoms with van der Waals surface area (Å²) in [5.41, 5.74) is 4.52. The number of fused-ring (bicyclic) bond motifs is 5. The summed E-state index contributed by atoms with van der Waals surface area (Å²) in [6.45, 7) is 12.2. The lowest BCUT2D eigenvalue weighted by Gasteiger charge is -2.64. The molecule has 5 rings (SSSR count). The fourth-order valence-electron chi connectivity index (χ4n) is 8.93. The molecule has 7 atom stereocenters. The van der Waals surface area contributed by atoms with Crippen LogP contribution in [0, 0.1) is 33.5 Å². The number of allylic oxidation sites excluding steroid dienone is 2. The van der Waals surface area contributed by atoms with Crippen molar-refractivity contribution in [1.82, 2.24) is 4.98 Å². The second kappa shape index (κ2) is 6.34. The lowest BCUT2D eigenvalue weighted by molar-refractivity contribution is -0.129. The van der Waals surface area contributed by atoms with Crippen molar-refractivity contribution in [1.29, 1.82) is 0 Å². The zero-order chi connectivity index (χ0) is 21.5. The number of hydrogen-bond acceptors (Lipinski definition) is 2. The summed E-state index contributed by atoms with van der Waals surface area (Å²) in [4.78, 5) is 14.4. The summed E-state index contributed by atoms with van der Waals surface area (Å²) >= 11 is 0. The lowest BCUT2D eigenvalue weighted by atomic mass is 9.41. The van der Waals surface area contributed by atoms with Crippen LogP contribution in [-0.2, 0) is 0 Å². The van der Waals surface area contributed by atoms with Crippen molar-refractivity contribution in [2.24, 2.45) is 33.5 Å². The van der Waals surface area contributed by atoms with E-state index in [9.17, 15) is 9.90 Å². The molecule has 0 spiro atoms. The van der Waals surface area contributed by atoms with Gasteiger partial charge in [0.25, 0.3) is 0 Å². The van der Waals surface area contributed by atoms with Gasteiger partial charge in [-0.1, -0.05) is 46.3 Å². The molecule has 0 unspecified atom stereocenters. The highest BCUT2D eigenvalue weighted by Crippen LogP contribution is 2.73. The van der Waals surface area contributed by atoms with Gasteiger partial charge in [0.1, 0.15) is 0 Å². The number of aldehydes is 1. The minimum Gasteiger partial charge on any atom is -0.393 e. The van der Waals surface area contributed by atoms with E-state index in [1.165, 1.54) is 31.2 Å². The number of aliphatic hydroxyl groups is 1. The Morgan fingerprint density at radius 1 is 1.03 bits per heavy atom. The van der Waals surface area contributed by atoms with Gasteiger partial charge >= 0.3 is 0 Å². The van der Waals surface area contributed by atoms with Crippen LogP contribution in [0.5, 0.6) is 0 Å². The normalized spacial score (nSPS) is 47.1. The summed E-state index contributed by atoms with van der Waals surface area (Å²) < 4.78 is 0. The highest BCUT2D eigenvalue weighted by Gasteiger charge is 2.65. The number of H-pyrrole nitrogens is 1. The minimum absolute atomic E-state index is 0.00868. The van der Waals surface area contributed by atoms with Crippen molar-refractivity contribution in [2.45, 2.75) is 91.6 Å². The van der Waals surface area contributed by atoms with E-state index in [2.05, 4.69) is 57.9 Å². The van der Waals surface area contributed by atoms with E-state index in [1.54, 1.807) is 5.57 Å². The average molecular weight is 410 g/mol. The van der Waals surface area contributed by atoms with Crippen LogP contribution in [0.25, 0.3) is 0 Å². The number of carbonyl (C=O) groups is 1. The van der Waals surface area contributed by atoms with Gasteiger partial charge in [-0.15, -0.1) is 0 Å². The first-order valence-electron chi connectivity index (χ1n) is 12.1. The number of carbonyl (C=O) groups excluding carboxylic acids is 1. The third-order valence-corrected chi connectivity index (χ3v) is 11.1. The monoisotopic (exact) mass is 409 g/mol. The van der Waals surface area contributed by atoms with Crippen molar-refractivity contribution < 1.29 is 9.90 Å². The summed E-state index contributed by atoms with van der Waals surface area (Å²) in [6.07, 6.45) is 13.6. The molecule has 0 aliphatic heterocycles. The lowest BCUT2D eigenvalue weighted by Crippen LogP contribution is -2.57. The van der Waals surface area contributed by atoms with Crippen molar-refractivity contribution in [3.63, 3.8) is 0 Å². The average Bonchev–Trinajstić information content (AvgIpc) is 3.27. The molecule has 3 nitrogen and oxygen atoms in total. The Labute approximate surface area is 181 Å². The molecule has 4 aliphatic rings. The van der Waals surface area contributed by atoms with Gasteiger partial charge in [0.2, 0.25) is 0 Å². The number of aromatic nitrogens is 1. The smallest absolute Gasteiger partial charge is 0.166 e. The largest absolute Gasteiger partial charge is 0.393 e. The van der Waals surface area contributed by atoms with E-state index < -0.39 is 0 Å². The Morgan fingerprint density at radius 3 is 2.47 bits per heavy atom. The zero-order valence-corrected chi connectivity index (χ0v) is 19.4. The second-order valence-corrected chi connectivity index (χ2v) is 12.3. The minimum atomic E-state index is -0.175. The molecule has 1 heterocycles. The van der Waals surface area contributed by atoms with Gasteiger partial charge in [-0.3, -0.25) is 4.79 Å². The number of aromatic amines is 1. The fraction of sp³-hybridized carbons (Fsp3) is 0.741. The SMILES string of the molecule is CC1(C)[C@H](O)CC[C@]2(C)[C@H]3CC[C@@]4(C)[C@H](c5c[nH]c(C=O)c5)CC[C@]4(C)C3=CC[C@@H]12. The zero-order valence-electron chi connectivity index (χ0n) is 19.4. The van der Waals surface area contributed by atoms with Crippen LogP contribution in [0.2, 0.25) is 0 Å². The molecule has 30 heavy (non-hydrogen) atoms. The van der Waals surface area contributed by atoms with Gasteiger partial charge in [-0.25, -0.2) is 0 Å². The highest BCUT2D eigenvalue weighted by molar-refractivity contribution is 5.72. The molecule has 3 fully saturated rings. The number of nitrogens with one attached hydrogen (secondary N) is 1. The number of rotatable bonds is 2.